The Morgan fingerprint density at radius 1 is 0.529 bits per heavy atom. The summed E-state index contributed by atoms with van der Waals surface area (Å²) in [5.74, 6) is 0.735. The molecule has 3 amide bonds. The van der Waals surface area contributed by atoms with Crippen molar-refractivity contribution in [1.29, 1.82) is 0 Å². The summed E-state index contributed by atoms with van der Waals surface area (Å²) in [7, 11) is 0. The molecule has 0 aromatic heterocycles. The second-order valence-electron chi connectivity index (χ2n) is 9.17. The van der Waals surface area contributed by atoms with Gasteiger partial charge in [-0.3, -0.25) is 19.2 Å². The van der Waals surface area contributed by atoms with Crippen LogP contribution >= 0.6 is 0 Å². The van der Waals surface area contributed by atoms with Crippen molar-refractivity contribution in [3.63, 3.8) is 0 Å². The molecule has 7 heteroatoms. The van der Waals surface area contributed by atoms with Crippen LogP contribution in [0.2, 0.25) is 0 Å². The Bertz CT molecular complexity index is 530. The van der Waals surface area contributed by atoms with E-state index in [1.54, 1.807) is 0 Å². The van der Waals surface area contributed by atoms with E-state index in [0.29, 0.717) is 70.6 Å². The van der Waals surface area contributed by atoms with Crippen LogP contribution in [0.5, 0.6) is 0 Å². The van der Waals surface area contributed by atoms with Crippen LogP contribution in [0.4, 0.5) is 0 Å². The molecule has 0 spiro atoms. The summed E-state index contributed by atoms with van der Waals surface area (Å²) in [5.41, 5.74) is 0. The van der Waals surface area contributed by atoms with Gasteiger partial charge in [0.05, 0.1) is 0 Å². The number of ketones is 1. The van der Waals surface area contributed by atoms with Crippen LogP contribution in [-0.4, -0.2) is 66.0 Å². The fourth-order valence-electron chi connectivity index (χ4n) is 3.91. The third-order valence-electron chi connectivity index (χ3n) is 5.81. The molecule has 198 valence electrons. The van der Waals surface area contributed by atoms with E-state index in [2.05, 4.69) is 5.32 Å². The molecule has 7 nitrogen and oxygen atoms in total. The first-order valence-corrected chi connectivity index (χ1v) is 13.7. The van der Waals surface area contributed by atoms with E-state index in [1.807, 2.05) is 37.5 Å². The number of carbonyl (C=O) groups excluding carboxylic acids is 4. The molecule has 0 aliphatic heterocycles. The number of hydrogen-bond donors (Lipinski definition) is 1. The van der Waals surface area contributed by atoms with E-state index in [-0.39, 0.29) is 17.7 Å². The third-order valence-corrected chi connectivity index (χ3v) is 5.81. The Morgan fingerprint density at radius 3 is 1.44 bits per heavy atom. The van der Waals surface area contributed by atoms with Gasteiger partial charge in [0.15, 0.2) is 0 Å². The maximum atomic E-state index is 12.5. The van der Waals surface area contributed by atoms with Gasteiger partial charge >= 0.3 is 0 Å². The Morgan fingerprint density at radius 2 is 0.971 bits per heavy atom. The van der Waals surface area contributed by atoms with E-state index in [9.17, 15) is 19.2 Å². The molecule has 0 saturated carbocycles. The van der Waals surface area contributed by atoms with Crippen molar-refractivity contribution in [3.05, 3.63) is 0 Å². The molecule has 0 rings (SSSR count). The number of rotatable bonds is 22. The monoisotopic (exact) mass is 481 g/mol. The number of amides is 3. The predicted octanol–water partition coefficient (Wildman–Crippen LogP) is 4.87. The predicted molar refractivity (Wildman–Crippen MR) is 139 cm³/mol. The Kier molecular flexibility index (Phi) is 20.4. The molecular formula is C27H51N3O4. The minimum Gasteiger partial charge on any atom is -0.356 e. The zero-order valence-electron chi connectivity index (χ0n) is 22.5. The first kappa shape index (κ1) is 32.1. The van der Waals surface area contributed by atoms with Gasteiger partial charge in [-0.15, -0.1) is 0 Å². The van der Waals surface area contributed by atoms with Gasteiger partial charge in [-0.25, -0.2) is 0 Å². The average Bonchev–Trinajstić information content (AvgIpc) is 2.79. The van der Waals surface area contributed by atoms with Gasteiger partial charge in [0, 0.05) is 64.8 Å². The number of nitrogens with one attached hydrogen (secondary N) is 1. The molecule has 0 fully saturated rings. The number of nitrogens with zero attached hydrogens (tertiary/aromatic N) is 2. The second kappa shape index (κ2) is 21.6. The smallest absolute Gasteiger partial charge is 0.222 e. The lowest BCUT2D eigenvalue weighted by Gasteiger charge is -2.25. The zero-order valence-corrected chi connectivity index (χ0v) is 22.5. The van der Waals surface area contributed by atoms with E-state index in [0.717, 1.165) is 57.8 Å². The molecule has 0 aliphatic carbocycles. The van der Waals surface area contributed by atoms with Gasteiger partial charge in [0.25, 0.3) is 0 Å². The van der Waals surface area contributed by atoms with E-state index in [1.165, 1.54) is 0 Å². The summed E-state index contributed by atoms with van der Waals surface area (Å²) in [6.45, 7) is 11.4. The molecule has 0 aromatic rings. The quantitative estimate of drug-likeness (QED) is 0.224. The van der Waals surface area contributed by atoms with Crippen LogP contribution in [0.3, 0.4) is 0 Å². The topological polar surface area (TPSA) is 86.8 Å². The number of hydrogen-bond acceptors (Lipinski definition) is 4. The van der Waals surface area contributed by atoms with Gasteiger partial charge in [0.2, 0.25) is 17.7 Å². The molecule has 0 saturated heterocycles. The van der Waals surface area contributed by atoms with E-state index in [4.69, 9.17) is 0 Å². The molecule has 0 aromatic carbocycles. The molecule has 0 unspecified atom stereocenters. The van der Waals surface area contributed by atoms with Crippen molar-refractivity contribution in [2.24, 2.45) is 0 Å². The van der Waals surface area contributed by atoms with Crippen LogP contribution in [0.1, 0.15) is 118 Å². The molecule has 0 aliphatic rings. The molecule has 0 radical (unpaired) electrons. The van der Waals surface area contributed by atoms with Gasteiger partial charge in [-0.05, 0) is 57.8 Å². The van der Waals surface area contributed by atoms with Crippen molar-refractivity contribution in [2.45, 2.75) is 118 Å². The maximum Gasteiger partial charge on any atom is 0.222 e. The summed E-state index contributed by atoms with van der Waals surface area (Å²) >= 11 is 0. The van der Waals surface area contributed by atoms with Crippen molar-refractivity contribution >= 4 is 23.5 Å². The van der Waals surface area contributed by atoms with Crippen LogP contribution < -0.4 is 5.32 Å². The normalized spacial score (nSPS) is 10.7. The minimum atomic E-state index is 0.0699. The fraction of sp³-hybridized carbons (Fsp3) is 0.852. The summed E-state index contributed by atoms with van der Waals surface area (Å²) < 4.78 is 0. The highest BCUT2D eigenvalue weighted by molar-refractivity contribution is 5.78. The molecule has 0 bridgehead atoms. The highest BCUT2D eigenvalue weighted by Crippen LogP contribution is 2.08. The van der Waals surface area contributed by atoms with Crippen molar-refractivity contribution in [2.75, 3.05) is 32.7 Å². The number of unbranched alkanes of at least 4 members (excludes halogenated alkanes) is 2. The highest BCUT2D eigenvalue weighted by atomic mass is 16.2. The number of Topliss-reactive ketones (excluding diaryl/α,β-unsaturated/α-hetero) is 1. The lowest BCUT2D eigenvalue weighted by molar-refractivity contribution is -0.133. The van der Waals surface area contributed by atoms with Crippen molar-refractivity contribution in [3.8, 4) is 0 Å². The standard InChI is InChI=1S/C27H51N3O4/c1-5-14-24(31)18-9-10-20-29(26(33)16-7-3)21-11-12-22-30(27(34)17-8-4)23-13-19-28-25(32)15-6-2/h5-23H2,1-4H3,(H,28,32). The van der Waals surface area contributed by atoms with Crippen molar-refractivity contribution < 1.29 is 19.2 Å². The minimum absolute atomic E-state index is 0.0699. The summed E-state index contributed by atoms with van der Waals surface area (Å²) in [5, 5.41) is 2.91. The molecule has 34 heavy (non-hydrogen) atoms. The Labute approximate surface area is 208 Å². The fourth-order valence-corrected chi connectivity index (χ4v) is 3.91. The first-order valence-electron chi connectivity index (χ1n) is 13.7. The van der Waals surface area contributed by atoms with Gasteiger partial charge in [-0.1, -0.05) is 27.7 Å². The molecule has 0 atom stereocenters. The average molecular weight is 482 g/mol. The molecular weight excluding hydrogens is 430 g/mol. The first-order chi connectivity index (χ1) is 16.4. The maximum absolute atomic E-state index is 12.5. The largest absolute Gasteiger partial charge is 0.356 e. The highest BCUT2D eigenvalue weighted by Gasteiger charge is 2.15. The molecule has 0 heterocycles. The third kappa shape index (κ3) is 16.7. The van der Waals surface area contributed by atoms with E-state index < -0.39 is 0 Å². The lowest BCUT2D eigenvalue weighted by Crippen LogP contribution is -2.36. The van der Waals surface area contributed by atoms with Crippen LogP contribution in [0.15, 0.2) is 0 Å². The van der Waals surface area contributed by atoms with Crippen LogP contribution in [-0.2, 0) is 19.2 Å². The Hall–Kier alpha value is -1.92. The summed E-state index contributed by atoms with van der Waals surface area (Å²) in [4.78, 5) is 52.2. The second-order valence-corrected chi connectivity index (χ2v) is 9.17. The Balaban J connectivity index is 4.51. The summed E-state index contributed by atoms with van der Waals surface area (Å²) in [6, 6.07) is 0. The summed E-state index contributed by atoms with van der Waals surface area (Å²) in [6.07, 6.45) is 10.4. The van der Waals surface area contributed by atoms with Crippen molar-refractivity contribution in [1.82, 2.24) is 15.1 Å². The zero-order chi connectivity index (χ0) is 25.6. The van der Waals surface area contributed by atoms with Gasteiger partial charge in [-0.2, -0.15) is 0 Å². The molecule has 1 N–H and O–H groups in total. The van der Waals surface area contributed by atoms with Gasteiger partial charge < -0.3 is 15.1 Å². The van der Waals surface area contributed by atoms with Crippen LogP contribution in [0.25, 0.3) is 0 Å². The van der Waals surface area contributed by atoms with Gasteiger partial charge in [0.1, 0.15) is 5.78 Å². The van der Waals surface area contributed by atoms with E-state index >= 15 is 0 Å². The van der Waals surface area contributed by atoms with Crippen LogP contribution in [0, 0.1) is 0 Å². The lowest BCUT2D eigenvalue weighted by atomic mass is 10.1. The number of carbonyl (C=O) groups is 4. The SMILES string of the molecule is CCCC(=O)CCCCN(CCCCN(CCCNC(=O)CCC)C(=O)CCC)C(=O)CCC.